The van der Waals surface area contributed by atoms with E-state index in [0.717, 1.165) is 35.9 Å². The summed E-state index contributed by atoms with van der Waals surface area (Å²) in [6, 6.07) is 7.48. The molecule has 26 heavy (non-hydrogen) atoms. The summed E-state index contributed by atoms with van der Waals surface area (Å²) in [6.45, 7) is 5.42. The van der Waals surface area contributed by atoms with Crippen LogP contribution in [-0.2, 0) is 0 Å². The molecule has 135 valence electrons. The SMILES string of the molecule is [B]=COc1ccc(-c2ncc(OCC3CCC(C(C)C)CC3)cn2)cc1. The Kier molecular flexibility index (Phi) is 6.43. The van der Waals surface area contributed by atoms with E-state index in [1.165, 1.54) is 25.7 Å². The molecule has 3 rings (SSSR count). The van der Waals surface area contributed by atoms with Crippen molar-refractivity contribution >= 4 is 13.6 Å². The molecule has 0 amide bonds. The third-order valence-electron chi connectivity index (χ3n) is 5.26. The van der Waals surface area contributed by atoms with Gasteiger partial charge in [0.1, 0.15) is 0 Å². The minimum atomic E-state index is 0.650. The van der Waals surface area contributed by atoms with Crippen molar-refractivity contribution in [2.24, 2.45) is 17.8 Å². The van der Waals surface area contributed by atoms with Gasteiger partial charge < -0.3 is 0 Å². The summed E-state index contributed by atoms with van der Waals surface area (Å²) in [5, 5.41) is 0. The first-order valence-electron chi connectivity index (χ1n) is 9.41. The topological polar surface area (TPSA) is 44.2 Å². The zero-order valence-corrected chi connectivity index (χ0v) is 15.6. The molecule has 5 heteroatoms. The van der Waals surface area contributed by atoms with Gasteiger partial charge in [0.05, 0.1) is 0 Å². The van der Waals surface area contributed by atoms with E-state index in [1.54, 1.807) is 12.4 Å². The molecule has 1 aliphatic rings. The van der Waals surface area contributed by atoms with Crippen LogP contribution in [0.15, 0.2) is 36.7 Å². The van der Waals surface area contributed by atoms with Crippen LogP contribution < -0.4 is 9.47 Å². The molecule has 4 nitrogen and oxygen atoms in total. The van der Waals surface area contributed by atoms with E-state index >= 15 is 0 Å². The van der Waals surface area contributed by atoms with Gasteiger partial charge in [0.25, 0.3) is 0 Å². The summed E-state index contributed by atoms with van der Waals surface area (Å²) < 4.78 is 11.0. The first-order valence-corrected chi connectivity index (χ1v) is 9.41. The van der Waals surface area contributed by atoms with E-state index in [9.17, 15) is 0 Å². The molecule has 0 atom stereocenters. The molecule has 1 radical (unpaired) electrons. The molecule has 0 N–H and O–H groups in total. The maximum atomic E-state index is 5.92. The summed E-state index contributed by atoms with van der Waals surface area (Å²) in [7, 11) is 5.24. The van der Waals surface area contributed by atoms with Gasteiger partial charge in [-0.25, -0.2) is 0 Å². The van der Waals surface area contributed by atoms with E-state index in [0.29, 0.717) is 17.5 Å². The number of hydrogen-bond donors (Lipinski definition) is 0. The van der Waals surface area contributed by atoms with Crippen molar-refractivity contribution in [1.82, 2.24) is 9.97 Å². The number of rotatable bonds is 7. The molecular weight excluding hydrogens is 323 g/mol. The van der Waals surface area contributed by atoms with Crippen molar-refractivity contribution < 1.29 is 9.47 Å². The Balaban J connectivity index is 1.51. The van der Waals surface area contributed by atoms with Gasteiger partial charge in [-0.15, -0.1) is 0 Å². The second-order valence-corrected chi connectivity index (χ2v) is 7.36. The van der Waals surface area contributed by atoms with Crippen molar-refractivity contribution in [2.45, 2.75) is 39.5 Å². The first-order chi connectivity index (χ1) is 12.7. The average Bonchev–Trinajstić information content (AvgIpc) is 2.68. The van der Waals surface area contributed by atoms with Crippen molar-refractivity contribution in [3.05, 3.63) is 36.7 Å². The third-order valence-corrected chi connectivity index (χ3v) is 5.26. The zero-order valence-electron chi connectivity index (χ0n) is 15.6. The van der Waals surface area contributed by atoms with Crippen molar-refractivity contribution in [3.63, 3.8) is 0 Å². The molecule has 1 saturated carbocycles. The van der Waals surface area contributed by atoms with Gasteiger partial charge >= 0.3 is 99.2 Å². The molecule has 1 aromatic carbocycles. The van der Waals surface area contributed by atoms with Crippen LogP contribution in [0.2, 0.25) is 0 Å². The average molecular weight is 349 g/mol. The van der Waals surface area contributed by atoms with Gasteiger partial charge in [-0.2, -0.15) is 0 Å². The second-order valence-electron chi connectivity index (χ2n) is 7.36. The van der Waals surface area contributed by atoms with E-state index < -0.39 is 0 Å². The van der Waals surface area contributed by atoms with Crippen LogP contribution >= 0.6 is 0 Å². The van der Waals surface area contributed by atoms with E-state index in [-0.39, 0.29) is 0 Å². The van der Waals surface area contributed by atoms with Crippen molar-refractivity contribution in [1.29, 1.82) is 0 Å². The fourth-order valence-electron chi connectivity index (χ4n) is 3.54. The molecule has 1 heterocycles. The van der Waals surface area contributed by atoms with E-state index in [4.69, 9.17) is 17.0 Å². The number of ether oxygens (including phenoxy) is 2. The monoisotopic (exact) mass is 349 g/mol. The molecule has 1 aromatic heterocycles. The van der Waals surface area contributed by atoms with Gasteiger partial charge in [-0.3, -0.25) is 0 Å². The second kappa shape index (κ2) is 8.97. The van der Waals surface area contributed by atoms with Gasteiger partial charge in [0.2, 0.25) is 0 Å². The van der Waals surface area contributed by atoms with Crippen LogP contribution in [-0.4, -0.2) is 30.2 Å². The van der Waals surface area contributed by atoms with Gasteiger partial charge in [-0.05, 0) is 43.4 Å². The molecule has 0 saturated heterocycles. The Labute approximate surface area is 157 Å². The van der Waals surface area contributed by atoms with Crippen LogP contribution in [0.25, 0.3) is 11.4 Å². The molecule has 0 spiro atoms. The Morgan fingerprint density at radius 2 is 1.69 bits per heavy atom. The Morgan fingerprint density at radius 1 is 1.04 bits per heavy atom. The predicted molar refractivity (Wildman–Crippen MR) is 106 cm³/mol. The minimum absolute atomic E-state index is 0.650. The molecule has 1 aliphatic carbocycles. The van der Waals surface area contributed by atoms with Crippen LogP contribution in [0.4, 0.5) is 0 Å². The van der Waals surface area contributed by atoms with Crippen LogP contribution in [0.1, 0.15) is 39.5 Å². The Morgan fingerprint density at radius 3 is 2.27 bits per heavy atom. The summed E-state index contributed by atoms with van der Waals surface area (Å²) in [6.07, 6.45) is 9.83. The number of nitrogens with zero attached hydrogens (tertiary/aromatic N) is 2. The zero-order chi connectivity index (χ0) is 18.4. The molecule has 0 unspecified atom stereocenters. The molecule has 0 bridgehead atoms. The predicted octanol–water partition coefficient (Wildman–Crippen LogP) is 4.29. The van der Waals surface area contributed by atoms with Crippen LogP contribution in [0.5, 0.6) is 11.5 Å². The Hall–Kier alpha value is -2.17. The number of aromatic nitrogens is 2. The Bertz CT molecular complexity index is 693. The van der Waals surface area contributed by atoms with E-state index in [2.05, 4.69) is 23.8 Å². The molecule has 2 aromatic rings. The van der Waals surface area contributed by atoms with Crippen molar-refractivity contribution in [3.8, 4) is 22.9 Å². The van der Waals surface area contributed by atoms with Gasteiger partial charge in [0.15, 0.2) is 0 Å². The molecule has 0 aliphatic heterocycles. The van der Waals surface area contributed by atoms with Gasteiger partial charge in [0, 0.05) is 0 Å². The van der Waals surface area contributed by atoms with Gasteiger partial charge in [-0.1, -0.05) is 13.8 Å². The van der Waals surface area contributed by atoms with Crippen molar-refractivity contribution in [2.75, 3.05) is 6.61 Å². The normalized spacial score (nSPS) is 19.9. The number of hydrogen-bond acceptors (Lipinski definition) is 4. The summed E-state index contributed by atoms with van der Waals surface area (Å²) in [5.41, 5.74) is 0.924. The standard InChI is InChI=1S/C21H26BN2O2/c1-15(2)17-5-3-16(4-6-17)13-25-20-11-23-21(24-12-20)18-7-9-19(10-8-18)26-14-22/h7-12,14-17H,3-6,13H2,1-2H3. The summed E-state index contributed by atoms with van der Waals surface area (Å²) in [5.74, 6) is 4.41. The maximum absolute atomic E-state index is 5.92. The van der Waals surface area contributed by atoms with Crippen LogP contribution in [0, 0.1) is 17.8 Å². The fourth-order valence-corrected chi connectivity index (χ4v) is 3.54. The number of benzene rings is 1. The summed E-state index contributed by atoms with van der Waals surface area (Å²) in [4.78, 5) is 8.83. The third kappa shape index (κ3) is 4.93. The molecule has 1 fully saturated rings. The fraction of sp³-hybridized carbons (Fsp3) is 0.476. The van der Waals surface area contributed by atoms with Crippen LogP contribution in [0.3, 0.4) is 0 Å². The summed E-state index contributed by atoms with van der Waals surface area (Å²) >= 11 is 0. The first kappa shape index (κ1) is 18.6. The quantitative estimate of drug-likeness (QED) is 0.700. The van der Waals surface area contributed by atoms with E-state index in [1.807, 2.05) is 24.3 Å². The molecular formula is C21H26BN2O2.